The molecule has 0 aliphatic carbocycles. The van der Waals surface area contributed by atoms with Crippen LogP contribution in [0, 0.1) is 11.3 Å². The van der Waals surface area contributed by atoms with E-state index in [1.165, 1.54) is 12.3 Å². The molecule has 1 aromatic heterocycles. The predicted octanol–water partition coefficient (Wildman–Crippen LogP) is 0.383. The molecule has 2 N–H and O–H groups in total. The Morgan fingerprint density at radius 2 is 1.93 bits per heavy atom. The normalized spacial score (nSPS) is 18.5. The molecule has 1 aromatic carbocycles. The summed E-state index contributed by atoms with van der Waals surface area (Å²) in [6.45, 7) is 2.48. The lowest BCUT2D eigenvalue weighted by molar-refractivity contribution is -0.133. The van der Waals surface area contributed by atoms with E-state index in [2.05, 4.69) is 20.5 Å². The number of hydrogen-bond acceptors (Lipinski definition) is 8. The van der Waals surface area contributed by atoms with Gasteiger partial charge in [-0.25, -0.2) is 8.78 Å². The van der Waals surface area contributed by atoms with Crippen molar-refractivity contribution in [2.45, 2.75) is 24.8 Å². The van der Waals surface area contributed by atoms with Gasteiger partial charge in [-0.2, -0.15) is 5.26 Å². The third kappa shape index (κ3) is 7.63. The Bertz CT molecular complexity index is 1330. The number of fused-ring (bicyclic) bond motifs is 1. The lowest BCUT2D eigenvalue weighted by Gasteiger charge is -2.34. The molecule has 4 amide bonds. The lowest BCUT2D eigenvalue weighted by Crippen LogP contribution is -2.50. The van der Waals surface area contributed by atoms with Gasteiger partial charge in [0.2, 0.25) is 18.2 Å². The number of pyridine rings is 1. The number of benzene rings is 1. The summed E-state index contributed by atoms with van der Waals surface area (Å²) in [5, 5.41) is 14.5. The Hall–Kier alpha value is -4.38. The Morgan fingerprint density at radius 3 is 2.66 bits per heavy atom. The van der Waals surface area contributed by atoms with Crippen LogP contribution >= 0.6 is 0 Å². The monoisotopic (exact) mass is 571 g/mol. The molecule has 41 heavy (non-hydrogen) atoms. The van der Waals surface area contributed by atoms with Crippen LogP contribution in [0.5, 0.6) is 5.75 Å². The number of rotatable bonds is 11. The fourth-order valence-electron chi connectivity index (χ4n) is 4.90. The molecule has 0 saturated carbocycles. The number of halogens is 2. The molecule has 2 aliphatic heterocycles. The SMILES string of the molecule is N#CC1CC(F)(F)CN1C(=O)CNC(=O)c1ccnc2ccc(OCCCN3CCN(C(=O)CNC=O)CC3)cc12. The summed E-state index contributed by atoms with van der Waals surface area (Å²) in [5.74, 6) is -4.04. The molecule has 218 valence electrons. The number of nitrogens with zero attached hydrogens (tertiary/aromatic N) is 5. The third-order valence-corrected chi connectivity index (χ3v) is 7.05. The lowest BCUT2D eigenvalue weighted by atomic mass is 10.1. The minimum absolute atomic E-state index is 0.00296. The van der Waals surface area contributed by atoms with Crippen LogP contribution in [0.25, 0.3) is 10.9 Å². The summed E-state index contributed by atoms with van der Waals surface area (Å²) in [7, 11) is 0. The molecule has 1 atom stereocenters. The smallest absolute Gasteiger partial charge is 0.268 e. The van der Waals surface area contributed by atoms with Crippen molar-refractivity contribution < 1.29 is 32.7 Å². The standard InChI is InChI=1S/C27H31F2N7O5/c28-27(29)13-19(14-30)36(17-27)25(39)16-33-26(40)21-4-5-32-23-3-2-20(12-22(21)23)41-11-1-6-34-7-9-35(10-8-34)24(38)15-31-18-37/h2-5,12,18-19H,1,6-11,13,15-17H2,(H,31,37)(H,33,40). The Balaban J connectivity index is 1.27. The van der Waals surface area contributed by atoms with Gasteiger partial charge in [0.1, 0.15) is 11.8 Å². The number of aromatic nitrogens is 1. The molecule has 2 aromatic rings. The molecule has 0 spiro atoms. The first-order valence-electron chi connectivity index (χ1n) is 13.2. The van der Waals surface area contributed by atoms with Crippen LogP contribution in [0.3, 0.4) is 0 Å². The summed E-state index contributed by atoms with van der Waals surface area (Å²) in [6, 6.07) is 7.11. The van der Waals surface area contributed by atoms with Crippen molar-refractivity contribution in [1.29, 1.82) is 5.26 Å². The van der Waals surface area contributed by atoms with E-state index in [1.807, 2.05) is 0 Å². The maximum absolute atomic E-state index is 13.7. The first kappa shape index (κ1) is 29.6. The van der Waals surface area contributed by atoms with E-state index in [0.29, 0.717) is 42.8 Å². The summed E-state index contributed by atoms with van der Waals surface area (Å²) >= 11 is 0. The second-order valence-electron chi connectivity index (χ2n) is 9.87. The van der Waals surface area contributed by atoms with E-state index in [1.54, 1.807) is 29.2 Å². The van der Waals surface area contributed by atoms with Crippen LogP contribution in [0.2, 0.25) is 0 Å². The molecule has 2 fully saturated rings. The summed E-state index contributed by atoms with van der Waals surface area (Å²) < 4.78 is 33.2. The average Bonchev–Trinajstić information content (AvgIpc) is 3.31. The van der Waals surface area contributed by atoms with Gasteiger partial charge in [-0.3, -0.25) is 29.1 Å². The second-order valence-corrected chi connectivity index (χ2v) is 9.87. The van der Waals surface area contributed by atoms with Crippen molar-refractivity contribution >= 4 is 35.0 Å². The van der Waals surface area contributed by atoms with Gasteiger partial charge in [0, 0.05) is 50.7 Å². The number of piperazine rings is 1. The highest BCUT2D eigenvalue weighted by Gasteiger charge is 2.47. The largest absolute Gasteiger partial charge is 0.494 e. The summed E-state index contributed by atoms with van der Waals surface area (Å²) in [6.07, 6.45) is 1.98. The van der Waals surface area contributed by atoms with E-state index in [4.69, 9.17) is 10.00 Å². The van der Waals surface area contributed by atoms with E-state index < -0.39 is 43.3 Å². The van der Waals surface area contributed by atoms with Gasteiger partial charge in [-0.1, -0.05) is 0 Å². The number of alkyl halides is 2. The number of nitriles is 1. The molecule has 4 rings (SSSR count). The molecular weight excluding hydrogens is 540 g/mol. The molecule has 0 bridgehead atoms. The zero-order valence-electron chi connectivity index (χ0n) is 22.4. The van der Waals surface area contributed by atoms with Crippen molar-refractivity contribution in [2.75, 3.05) is 59.0 Å². The van der Waals surface area contributed by atoms with E-state index in [9.17, 15) is 28.0 Å². The minimum Gasteiger partial charge on any atom is -0.494 e. The molecule has 12 nitrogen and oxygen atoms in total. The zero-order chi connectivity index (χ0) is 29.4. The zero-order valence-corrected chi connectivity index (χ0v) is 22.4. The van der Waals surface area contributed by atoms with Crippen LogP contribution in [0.1, 0.15) is 23.2 Å². The van der Waals surface area contributed by atoms with Gasteiger partial charge in [0.25, 0.3) is 11.8 Å². The number of hydrogen-bond donors (Lipinski definition) is 2. The predicted molar refractivity (Wildman–Crippen MR) is 142 cm³/mol. The molecule has 3 heterocycles. The molecule has 1 unspecified atom stereocenters. The average molecular weight is 572 g/mol. The van der Waals surface area contributed by atoms with Crippen LogP contribution < -0.4 is 15.4 Å². The highest BCUT2D eigenvalue weighted by Crippen LogP contribution is 2.31. The molecule has 14 heteroatoms. The molecule has 2 aliphatic rings. The number of carbonyl (C=O) groups is 4. The summed E-state index contributed by atoms with van der Waals surface area (Å²) in [5.41, 5.74) is 0.781. The topological polar surface area (TPSA) is 148 Å². The highest BCUT2D eigenvalue weighted by molar-refractivity contribution is 6.07. The van der Waals surface area contributed by atoms with Crippen LogP contribution in [0.15, 0.2) is 30.5 Å². The Morgan fingerprint density at radius 1 is 1.15 bits per heavy atom. The van der Waals surface area contributed by atoms with Gasteiger partial charge in [-0.05, 0) is 30.7 Å². The molecular formula is C27H31F2N7O5. The van der Waals surface area contributed by atoms with Gasteiger partial charge in [0.15, 0.2) is 0 Å². The third-order valence-electron chi connectivity index (χ3n) is 7.05. The van der Waals surface area contributed by atoms with Gasteiger partial charge >= 0.3 is 0 Å². The van der Waals surface area contributed by atoms with Gasteiger partial charge in [-0.15, -0.1) is 0 Å². The first-order valence-corrected chi connectivity index (χ1v) is 13.2. The van der Waals surface area contributed by atoms with E-state index >= 15 is 0 Å². The fraction of sp³-hybridized carbons (Fsp3) is 0.481. The Labute approximate surface area is 235 Å². The number of likely N-dealkylation sites (tertiary alicyclic amines) is 1. The summed E-state index contributed by atoms with van der Waals surface area (Å²) in [4.78, 5) is 56.7. The first-order chi connectivity index (χ1) is 19.7. The van der Waals surface area contributed by atoms with Gasteiger partial charge in [0.05, 0.1) is 43.4 Å². The quantitative estimate of drug-likeness (QED) is 0.291. The number of nitrogens with one attached hydrogen (secondary N) is 2. The van der Waals surface area contributed by atoms with Crippen molar-refractivity contribution in [3.8, 4) is 11.8 Å². The van der Waals surface area contributed by atoms with Crippen LogP contribution in [0.4, 0.5) is 8.78 Å². The van der Waals surface area contributed by atoms with E-state index in [0.717, 1.165) is 31.0 Å². The maximum atomic E-state index is 13.7. The maximum Gasteiger partial charge on any atom is 0.268 e. The minimum atomic E-state index is -3.14. The Kier molecular flexibility index (Phi) is 9.61. The second kappa shape index (κ2) is 13.3. The fourth-order valence-corrected chi connectivity index (χ4v) is 4.90. The molecule has 0 radical (unpaired) electrons. The van der Waals surface area contributed by atoms with Crippen LogP contribution in [-0.4, -0.2) is 115 Å². The molecule has 2 saturated heterocycles. The van der Waals surface area contributed by atoms with Crippen LogP contribution in [-0.2, 0) is 14.4 Å². The number of ether oxygens (including phenoxy) is 1. The van der Waals surface area contributed by atoms with Crippen molar-refractivity contribution in [3.63, 3.8) is 0 Å². The van der Waals surface area contributed by atoms with Crippen molar-refractivity contribution in [3.05, 3.63) is 36.0 Å². The van der Waals surface area contributed by atoms with Gasteiger partial charge < -0.3 is 25.2 Å². The highest BCUT2D eigenvalue weighted by atomic mass is 19.3. The number of carbonyl (C=O) groups excluding carboxylic acids is 4. The number of amides is 4. The van der Waals surface area contributed by atoms with Crippen molar-refractivity contribution in [2.24, 2.45) is 0 Å². The van der Waals surface area contributed by atoms with E-state index in [-0.39, 0.29) is 18.0 Å². The van der Waals surface area contributed by atoms with Crippen molar-refractivity contribution in [1.82, 2.24) is 30.3 Å².